The molecule has 0 aliphatic carbocycles. The van der Waals surface area contributed by atoms with Crippen LogP contribution in [0.4, 0.5) is 22.7 Å². The Morgan fingerprint density at radius 3 is 2.09 bits per heavy atom. The van der Waals surface area contributed by atoms with E-state index in [0.29, 0.717) is 16.9 Å². The Labute approximate surface area is 203 Å². The second-order valence-corrected chi connectivity index (χ2v) is 9.57. The van der Waals surface area contributed by atoms with Gasteiger partial charge >= 0.3 is 0 Å². The van der Waals surface area contributed by atoms with Crippen molar-refractivity contribution in [2.45, 2.75) is 32.6 Å². The van der Waals surface area contributed by atoms with Crippen molar-refractivity contribution in [1.82, 2.24) is 0 Å². The maximum Gasteiger partial charge on any atom is 0.257 e. The molecule has 0 aliphatic rings. The number of hydrogen-bond donors (Lipinski definition) is 4. The summed E-state index contributed by atoms with van der Waals surface area (Å²) >= 11 is 1.40. The zero-order valence-electron chi connectivity index (χ0n) is 19.6. The smallest absolute Gasteiger partial charge is 0.257 e. The Balaban J connectivity index is 1.61. The molecule has 0 fully saturated rings. The van der Waals surface area contributed by atoms with E-state index in [1.54, 1.807) is 30.3 Å². The number of para-hydroxylation sites is 1. The predicted molar refractivity (Wildman–Crippen MR) is 139 cm³/mol. The summed E-state index contributed by atoms with van der Waals surface area (Å²) in [5.74, 6) is -0.595. The van der Waals surface area contributed by atoms with Crippen molar-refractivity contribution in [2.75, 3.05) is 20.7 Å². The van der Waals surface area contributed by atoms with E-state index in [-0.39, 0.29) is 17.7 Å². The molecule has 0 atom stereocenters. The van der Waals surface area contributed by atoms with Crippen molar-refractivity contribution in [1.29, 1.82) is 0 Å². The molecule has 0 spiro atoms. The number of carbonyl (C=O) groups is 3. The second-order valence-electron chi connectivity index (χ2n) is 8.69. The normalized spacial score (nSPS) is 10.8. The molecule has 4 N–H and O–H groups in total. The fourth-order valence-electron chi connectivity index (χ4n) is 2.87. The van der Waals surface area contributed by atoms with Gasteiger partial charge in [-0.05, 0) is 66.5 Å². The first-order valence-corrected chi connectivity index (χ1v) is 11.6. The van der Waals surface area contributed by atoms with Gasteiger partial charge in [-0.25, -0.2) is 0 Å². The Hall–Kier alpha value is -3.78. The third-order valence-electron chi connectivity index (χ3n) is 4.68. The van der Waals surface area contributed by atoms with Gasteiger partial charge in [-0.15, -0.1) is 0 Å². The summed E-state index contributed by atoms with van der Waals surface area (Å²) in [5.41, 5.74) is 2.63. The van der Waals surface area contributed by atoms with Crippen LogP contribution < -0.4 is 20.7 Å². The van der Waals surface area contributed by atoms with Crippen molar-refractivity contribution >= 4 is 52.4 Å². The lowest BCUT2D eigenvalue weighted by molar-refractivity contribution is -0.123. The number of anilines is 4. The SMILES string of the molecule is CC(=O)Nc1ccccc1C(=O)Nc1cccc(SNc2ccc(NC(=O)C(C)(C)C)cc2)c1. The number of carbonyl (C=O) groups excluding carboxylic acids is 3. The number of nitrogens with one attached hydrogen (secondary N) is 4. The van der Waals surface area contributed by atoms with Gasteiger partial charge in [0.1, 0.15) is 0 Å². The number of hydrogen-bond acceptors (Lipinski definition) is 5. The van der Waals surface area contributed by atoms with Crippen LogP contribution in [0.25, 0.3) is 0 Å². The summed E-state index contributed by atoms with van der Waals surface area (Å²) in [6.45, 7) is 7.01. The van der Waals surface area contributed by atoms with Gasteiger partial charge in [0.25, 0.3) is 5.91 Å². The molecule has 0 saturated heterocycles. The molecule has 0 saturated carbocycles. The first-order valence-electron chi connectivity index (χ1n) is 10.7. The zero-order valence-corrected chi connectivity index (χ0v) is 20.4. The van der Waals surface area contributed by atoms with Crippen molar-refractivity contribution in [3.8, 4) is 0 Å². The van der Waals surface area contributed by atoms with E-state index in [0.717, 1.165) is 16.3 Å². The molecule has 3 rings (SSSR count). The molecule has 0 radical (unpaired) electrons. The van der Waals surface area contributed by atoms with Gasteiger partial charge in [-0.2, -0.15) is 0 Å². The molecule has 0 aliphatic heterocycles. The lowest BCUT2D eigenvalue weighted by Crippen LogP contribution is -2.27. The Kier molecular flexibility index (Phi) is 7.96. The van der Waals surface area contributed by atoms with Gasteiger partial charge < -0.3 is 20.7 Å². The summed E-state index contributed by atoms with van der Waals surface area (Å²) in [6, 6.07) is 21.7. The highest BCUT2D eigenvalue weighted by atomic mass is 32.2. The summed E-state index contributed by atoms with van der Waals surface area (Å²) in [6.07, 6.45) is 0. The molecule has 34 heavy (non-hydrogen) atoms. The Morgan fingerprint density at radius 1 is 0.735 bits per heavy atom. The number of benzene rings is 3. The molecule has 0 unspecified atom stereocenters. The maximum atomic E-state index is 12.8. The zero-order chi connectivity index (χ0) is 24.7. The first-order chi connectivity index (χ1) is 16.1. The largest absolute Gasteiger partial charge is 0.326 e. The van der Waals surface area contributed by atoms with E-state index < -0.39 is 5.41 Å². The first kappa shape index (κ1) is 24.9. The lowest BCUT2D eigenvalue weighted by Gasteiger charge is -2.17. The van der Waals surface area contributed by atoms with Crippen LogP contribution >= 0.6 is 11.9 Å². The summed E-state index contributed by atoms with van der Waals surface area (Å²) in [4.78, 5) is 37.2. The van der Waals surface area contributed by atoms with Crippen LogP contribution in [0.3, 0.4) is 0 Å². The fraction of sp³-hybridized carbons (Fsp3) is 0.192. The third kappa shape index (κ3) is 7.11. The van der Waals surface area contributed by atoms with Crippen LogP contribution in [0.2, 0.25) is 0 Å². The third-order valence-corrected chi connectivity index (χ3v) is 5.51. The van der Waals surface area contributed by atoms with Gasteiger partial charge in [0.2, 0.25) is 11.8 Å². The molecule has 176 valence electrons. The van der Waals surface area contributed by atoms with Crippen LogP contribution in [0.15, 0.2) is 77.7 Å². The second kappa shape index (κ2) is 10.9. The van der Waals surface area contributed by atoms with Gasteiger partial charge in [0, 0.05) is 34.3 Å². The highest BCUT2D eigenvalue weighted by Crippen LogP contribution is 2.26. The van der Waals surface area contributed by atoms with Crippen molar-refractivity contribution < 1.29 is 14.4 Å². The van der Waals surface area contributed by atoms with Gasteiger partial charge in [-0.1, -0.05) is 39.0 Å². The van der Waals surface area contributed by atoms with Crippen molar-refractivity contribution in [3.05, 3.63) is 78.4 Å². The maximum absolute atomic E-state index is 12.8. The minimum atomic E-state index is -0.459. The average Bonchev–Trinajstić information content (AvgIpc) is 2.78. The van der Waals surface area contributed by atoms with E-state index in [1.165, 1.54) is 18.9 Å². The lowest BCUT2D eigenvalue weighted by atomic mass is 9.95. The van der Waals surface area contributed by atoms with Crippen molar-refractivity contribution in [2.24, 2.45) is 5.41 Å². The highest BCUT2D eigenvalue weighted by molar-refractivity contribution is 8.00. The molecule has 0 aromatic heterocycles. The van der Waals surface area contributed by atoms with Gasteiger partial charge in [-0.3, -0.25) is 14.4 Å². The number of rotatable bonds is 7. The Bertz CT molecular complexity index is 1190. The summed E-state index contributed by atoms with van der Waals surface area (Å²) in [7, 11) is 0. The van der Waals surface area contributed by atoms with Crippen molar-refractivity contribution in [3.63, 3.8) is 0 Å². The topological polar surface area (TPSA) is 99.3 Å². The summed E-state index contributed by atoms with van der Waals surface area (Å²) < 4.78 is 3.26. The van der Waals surface area contributed by atoms with E-state index in [9.17, 15) is 14.4 Å². The molecule has 0 bridgehead atoms. The molecule has 8 heteroatoms. The van der Waals surface area contributed by atoms with E-state index in [1.807, 2.05) is 63.2 Å². The van der Waals surface area contributed by atoms with Crippen LogP contribution in [0.1, 0.15) is 38.1 Å². The molecule has 3 amide bonds. The van der Waals surface area contributed by atoms with Gasteiger partial charge in [0.15, 0.2) is 0 Å². The van der Waals surface area contributed by atoms with Crippen LogP contribution in [0.5, 0.6) is 0 Å². The molecular formula is C26H28N4O3S. The highest BCUT2D eigenvalue weighted by Gasteiger charge is 2.21. The molecule has 3 aromatic rings. The average molecular weight is 477 g/mol. The minimum absolute atomic E-state index is 0.0406. The monoisotopic (exact) mass is 476 g/mol. The molecule has 0 heterocycles. The predicted octanol–water partition coefficient (Wildman–Crippen LogP) is 6.00. The van der Waals surface area contributed by atoms with E-state index in [4.69, 9.17) is 0 Å². The van der Waals surface area contributed by atoms with E-state index in [2.05, 4.69) is 20.7 Å². The van der Waals surface area contributed by atoms with E-state index >= 15 is 0 Å². The standard InChI is InChI=1S/C26H28N4O3S/c1-17(31)27-23-11-6-5-10-22(23)24(32)28-20-8-7-9-21(16-20)34-30-19-14-12-18(13-15-19)29-25(33)26(2,3)4/h5-16,30H,1-4H3,(H,27,31)(H,28,32)(H,29,33). The number of amides is 3. The molecular weight excluding hydrogens is 448 g/mol. The quantitative estimate of drug-likeness (QED) is 0.313. The fourth-order valence-corrected chi connectivity index (χ4v) is 3.58. The van der Waals surface area contributed by atoms with Crippen LogP contribution in [-0.4, -0.2) is 17.7 Å². The minimum Gasteiger partial charge on any atom is -0.326 e. The van der Waals surface area contributed by atoms with Gasteiger partial charge in [0.05, 0.1) is 11.3 Å². The van der Waals surface area contributed by atoms with Crippen LogP contribution in [-0.2, 0) is 9.59 Å². The molecule has 7 nitrogen and oxygen atoms in total. The summed E-state index contributed by atoms with van der Waals surface area (Å²) in [5, 5.41) is 8.45. The Morgan fingerprint density at radius 2 is 1.41 bits per heavy atom. The molecule has 3 aromatic carbocycles. The van der Waals surface area contributed by atoms with Crippen LogP contribution in [0, 0.1) is 5.41 Å².